The van der Waals surface area contributed by atoms with Gasteiger partial charge in [-0.25, -0.2) is 4.79 Å². The number of esters is 1. The Kier molecular flexibility index (Phi) is 8.72. The first-order valence-electron chi connectivity index (χ1n) is 9.32. The van der Waals surface area contributed by atoms with E-state index in [0.717, 1.165) is 12.8 Å². The molecule has 1 aromatic heterocycles. The normalized spacial score (nSPS) is 11.6. The molecule has 0 radical (unpaired) electrons. The van der Waals surface area contributed by atoms with Crippen LogP contribution in [0.2, 0.25) is 0 Å². The fourth-order valence-corrected chi connectivity index (χ4v) is 2.89. The summed E-state index contributed by atoms with van der Waals surface area (Å²) in [4.78, 5) is 36.1. The fourth-order valence-electron chi connectivity index (χ4n) is 2.21. The molecule has 0 spiro atoms. The van der Waals surface area contributed by atoms with E-state index in [1.54, 1.807) is 44.2 Å². The van der Waals surface area contributed by atoms with Crippen LogP contribution in [0.25, 0.3) is 0 Å². The minimum atomic E-state index is -0.446. The van der Waals surface area contributed by atoms with E-state index < -0.39 is 5.25 Å². The molecular weight excluding hydrogens is 394 g/mol. The molecule has 0 saturated carbocycles. The highest BCUT2D eigenvalue weighted by Crippen LogP contribution is 2.16. The molecule has 0 unspecified atom stereocenters. The van der Waals surface area contributed by atoms with Crippen molar-refractivity contribution in [1.29, 1.82) is 0 Å². The number of ether oxygens (including phenoxy) is 1. The molecule has 2 rings (SSSR count). The number of nitrogens with zero attached hydrogens (tertiary/aromatic N) is 1. The first kappa shape index (κ1) is 22.5. The van der Waals surface area contributed by atoms with Crippen molar-refractivity contribution >= 4 is 41.1 Å². The summed E-state index contributed by atoms with van der Waals surface area (Å²) in [5.41, 5.74) is 0.998. The zero-order valence-corrected chi connectivity index (χ0v) is 17.5. The number of nitrogens with one attached hydrogen (secondary N) is 2. The van der Waals surface area contributed by atoms with Gasteiger partial charge in [0.25, 0.3) is 0 Å². The monoisotopic (exact) mass is 419 g/mol. The van der Waals surface area contributed by atoms with E-state index in [9.17, 15) is 14.4 Å². The summed E-state index contributed by atoms with van der Waals surface area (Å²) in [6.45, 7) is 5.85. The van der Waals surface area contributed by atoms with Gasteiger partial charge in [0.15, 0.2) is 5.82 Å². The lowest BCUT2D eigenvalue weighted by molar-refractivity contribution is -0.115. The molecule has 2 amide bonds. The Morgan fingerprint density at radius 3 is 2.55 bits per heavy atom. The summed E-state index contributed by atoms with van der Waals surface area (Å²) in [5.74, 6) is 0.159. The first-order valence-corrected chi connectivity index (χ1v) is 10.4. The zero-order valence-electron chi connectivity index (χ0n) is 16.7. The van der Waals surface area contributed by atoms with Gasteiger partial charge in [-0.15, -0.1) is 11.8 Å². The van der Waals surface area contributed by atoms with Crippen LogP contribution in [-0.2, 0) is 14.3 Å². The molecule has 2 N–H and O–H groups in total. The van der Waals surface area contributed by atoms with Crippen LogP contribution in [0, 0.1) is 6.92 Å². The lowest BCUT2D eigenvalue weighted by Gasteiger charge is -2.11. The maximum Gasteiger partial charge on any atom is 0.338 e. The molecular formula is C20H25N3O5S. The minimum absolute atomic E-state index is 0.104. The summed E-state index contributed by atoms with van der Waals surface area (Å²) in [6.07, 6.45) is 1.78. The van der Waals surface area contributed by atoms with E-state index in [1.807, 2.05) is 6.92 Å². The number of aromatic nitrogens is 1. The Morgan fingerprint density at radius 1 is 1.21 bits per heavy atom. The molecule has 0 aliphatic carbocycles. The molecule has 1 aromatic carbocycles. The Balaban J connectivity index is 1.75. The maximum absolute atomic E-state index is 12.1. The molecule has 0 saturated heterocycles. The fraction of sp³-hybridized carbons (Fsp3) is 0.400. The number of carbonyl (C=O) groups is 3. The van der Waals surface area contributed by atoms with Crippen LogP contribution in [0.4, 0.5) is 11.5 Å². The van der Waals surface area contributed by atoms with Crippen LogP contribution in [0.1, 0.15) is 42.8 Å². The maximum atomic E-state index is 12.1. The van der Waals surface area contributed by atoms with Crippen molar-refractivity contribution in [3.63, 3.8) is 0 Å². The molecule has 1 atom stereocenters. The molecule has 2 aromatic rings. The Bertz CT molecular complexity index is 835. The Morgan fingerprint density at radius 2 is 1.93 bits per heavy atom. The quantitative estimate of drug-likeness (QED) is 0.447. The summed E-state index contributed by atoms with van der Waals surface area (Å²) in [5, 5.41) is 8.62. The molecule has 0 aliphatic rings. The number of unbranched alkanes of at least 4 members (excludes halogenated alkanes) is 1. The molecule has 0 aliphatic heterocycles. The summed E-state index contributed by atoms with van der Waals surface area (Å²) >= 11 is 1.20. The van der Waals surface area contributed by atoms with Gasteiger partial charge < -0.3 is 19.9 Å². The number of thioether (sulfide) groups is 1. The van der Waals surface area contributed by atoms with Gasteiger partial charge >= 0.3 is 5.97 Å². The standard InChI is InChI=1S/C20H25N3O5S/c1-4-5-10-27-20(26)15-6-8-16(9-7-15)21-18(24)12-29-14(3)19(25)22-17-11-13(2)28-23-17/h6-9,11,14H,4-5,10,12H2,1-3H3,(H,21,24)(H,22,23,25)/t14-/m1/s1. The summed E-state index contributed by atoms with van der Waals surface area (Å²) in [7, 11) is 0. The van der Waals surface area contributed by atoms with E-state index in [1.165, 1.54) is 11.8 Å². The molecule has 0 bridgehead atoms. The van der Waals surface area contributed by atoms with Gasteiger partial charge in [0.05, 0.1) is 23.2 Å². The second-order valence-corrected chi connectivity index (χ2v) is 7.71. The van der Waals surface area contributed by atoms with Crippen LogP contribution < -0.4 is 10.6 Å². The van der Waals surface area contributed by atoms with Crippen molar-refractivity contribution in [3.8, 4) is 0 Å². The average molecular weight is 420 g/mol. The minimum Gasteiger partial charge on any atom is -0.462 e. The van der Waals surface area contributed by atoms with Crippen LogP contribution in [-0.4, -0.2) is 40.6 Å². The lowest BCUT2D eigenvalue weighted by Crippen LogP contribution is -2.25. The van der Waals surface area contributed by atoms with E-state index in [4.69, 9.17) is 9.26 Å². The molecule has 156 valence electrons. The SMILES string of the molecule is CCCCOC(=O)c1ccc(NC(=O)CS[C@H](C)C(=O)Nc2cc(C)on2)cc1. The molecule has 0 fully saturated rings. The largest absolute Gasteiger partial charge is 0.462 e. The van der Waals surface area contributed by atoms with Crippen LogP contribution in [0.3, 0.4) is 0 Å². The van der Waals surface area contributed by atoms with Gasteiger partial charge in [0.1, 0.15) is 5.76 Å². The van der Waals surface area contributed by atoms with Crippen molar-refractivity contribution < 1.29 is 23.6 Å². The van der Waals surface area contributed by atoms with Crippen LogP contribution >= 0.6 is 11.8 Å². The predicted octanol–water partition coefficient (Wildman–Crippen LogP) is 3.64. The van der Waals surface area contributed by atoms with Gasteiger partial charge in [-0.2, -0.15) is 0 Å². The number of rotatable bonds is 10. The number of hydrogen-bond donors (Lipinski definition) is 2. The number of carbonyl (C=O) groups excluding carboxylic acids is 3. The van der Waals surface area contributed by atoms with E-state index in [0.29, 0.717) is 29.4 Å². The predicted molar refractivity (Wildman–Crippen MR) is 112 cm³/mol. The van der Waals surface area contributed by atoms with Crippen LogP contribution in [0.15, 0.2) is 34.9 Å². The second-order valence-electron chi connectivity index (χ2n) is 6.38. The molecule has 9 heteroatoms. The van der Waals surface area contributed by atoms with Crippen molar-refractivity contribution in [1.82, 2.24) is 5.16 Å². The van der Waals surface area contributed by atoms with Crippen molar-refractivity contribution in [2.24, 2.45) is 0 Å². The molecule has 8 nitrogen and oxygen atoms in total. The zero-order chi connectivity index (χ0) is 21.2. The highest BCUT2D eigenvalue weighted by molar-refractivity contribution is 8.01. The lowest BCUT2D eigenvalue weighted by atomic mass is 10.2. The van der Waals surface area contributed by atoms with Crippen molar-refractivity contribution in [3.05, 3.63) is 41.7 Å². The number of anilines is 2. The molecule has 1 heterocycles. The van der Waals surface area contributed by atoms with Gasteiger partial charge in [0, 0.05) is 11.8 Å². The third-order valence-corrected chi connectivity index (χ3v) is 4.99. The van der Waals surface area contributed by atoms with Gasteiger partial charge in [0.2, 0.25) is 11.8 Å². The highest BCUT2D eigenvalue weighted by atomic mass is 32.2. The molecule has 29 heavy (non-hydrogen) atoms. The van der Waals surface area contributed by atoms with Gasteiger partial charge in [-0.05, 0) is 44.5 Å². The first-order chi connectivity index (χ1) is 13.9. The van der Waals surface area contributed by atoms with Crippen molar-refractivity contribution in [2.45, 2.75) is 38.9 Å². The second kappa shape index (κ2) is 11.3. The summed E-state index contributed by atoms with van der Waals surface area (Å²) < 4.78 is 10.0. The number of amides is 2. The number of aryl methyl sites for hydroxylation is 1. The van der Waals surface area contributed by atoms with Gasteiger partial charge in [-0.3, -0.25) is 9.59 Å². The van der Waals surface area contributed by atoms with Crippen LogP contribution in [0.5, 0.6) is 0 Å². The van der Waals surface area contributed by atoms with Crippen molar-refractivity contribution in [2.75, 3.05) is 23.0 Å². The Hall–Kier alpha value is -2.81. The van der Waals surface area contributed by atoms with E-state index in [-0.39, 0.29) is 23.5 Å². The van der Waals surface area contributed by atoms with E-state index in [2.05, 4.69) is 15.8 Å². The Labute approximate surface area is 173 Å². The topological polar surface area (TPSA) is 111 Å². The third kappa shape index (κ3) is 7.61. The van der Waals surface area contributed by atoms with E-state index >= 15 is 0 Å². The highest BCUT2D eigenvalue weighted by Gasteiger charge is 2.17. The summed E-state index contributed by atoms with van der Waals surface area (Å²) in [6, 6.07) is 8.11. The number of benzene rings is 1. The smallest absolute Gasteiger partial charge is 0.338 e. The average Bonchev–Trinajstić information content (AvgIpc) is 3.11. The van der Waals surface area contributed by atoms with Gasteiger partial charge in [-0.1, -0.05) is 18.5 Å². The number of hydrogen-bond acceptors (Lipinski definition) is 7. The third-order valence-electron chi connectivity index (χ3n) is 3.85.